The van der Waals surface area contributed by atoms with Crippen molar-refractivity contribution in [1.29, 1.82) is 0 Å². The van der Waals surface area contributed by atoms with Crippen LogP contribution in [0.25, 0.3) is 0 Å². The van der Waals surface area contributed by atoms with E-state index in [-0.39, 0.29) is 0 Å². The zero-order valence-electron chi connectivity index (χ0n) is 17.1. The molecule has 2 atom stereocenters. The van der Waals surface area contributed by atoms with Gasteiger partial charge in [0, 0.05) is 30.0 Å². The van der Waals surface area contributed by atoms with Gasteiger partial charge in [0.15, 0.2) is 0 Å². The van der Waals surface area contributed by atoms with Crippen molar-refractivity contribution < 1.29 is 9.53 Å². The maximum atomic E-state index is 12.0. The van der Waals surface area contributed by atoms with Crippen LogP contribution in [0.5, 0.6) is 0 Å². The Kier molecular flexibility index (Phi) is 11.8. The fraction of sp³-hybridized carbons (Fsp3) is 0.955. The third kappa shape index (κ3) is 9.64. The van der Waals surface area contributed by atoms with Crippen molar-refractivity contribution in [1.82, 2.24) is 4.90 Å². The predicted molar refractivity (Wildman–Crippen MR) is 113 cm³/mol. The standard InChI is InChI=1S/C22H41NO2S/c1-2-3-4-5-7-10-13-20-21(26-20)14-11-8-6-9-12-15-22(24)23-16-18-25-19-17-23/h20-21H,2-19H2,1H3. The van der Waals surface area contributed by atoms with Gasteiger partial charge in [-0.15, -0.1) is 0 Å². The molecule has 2 unspecified atom stereocenters. The molecule has 0 aliphatic carbocycles. The maximum absolute atomic E-state index is 12.0. The lowest BCUT2D eigenvalue weighted by atomic mass is 10.0. The molecule has 26 heavy (non-hydrogen) atoms. The van der Waals surface area contributed by atoms with Gasteiger partial charge in [-0.2, -0.15) is 11.8 Å². The van der Waals surface area contributed by atoms with E-state index in [0.717, 1.165) is 36.4 Å². The van der Waals surface area contributed by atoms with Crippen molar-refractivity contribution in [3.63, 3.8) is 0 Å². The second kappa shape index (κ2) is 13.9. The molecule has 0 aromatic rings. The summed E-state index contributed by atoms with van der Waals surface area (Å²) >= 11 is 2.23. The molecule has 3 nitrogen and oxygen atoms in total. The first kappa shape index (κ1) is 22.1. The Labute approximate surface area is 166 Å². The molecule has 0 aromatic heterocycles. The van der Waals surface area contributed by atoms with Crippen LogP contribution in [0.2, 0.25) is 0 Å². The van der Waals surface area contributed by atoms with Gasteiger partial charge < -0.3 is 9.64 Å². The molecule has 152 valence electrons. The average molecular weight is 384 g/mol. The van der Waals surface area contributed by atoms with Crippen molar-refractivity contribution in [2.24, 2.45) is 0 Å². The molecule has 2 aliphatic rings. The van der Waals surface area contributed by atoms with Gasteiger partial charge in [-0.1, -0.05) is 71.1 Å². The molecule has 2 heterocycles. The molecule has 0 spiro atoms. The van der Waals surface area contributed by atoms with Crippen LogP contribution in [0.3, 0.4) is 0 Å². The summed E-state index contributed by atoms with van der Waals surface area (Å²) in [5.41, 5.74) is 0. The van der Waals surface area contributed by atoms with Gasteiger partial charge in [0.05, 0.1) is 13.2 Å². The second-order valence-electron chi connectivity index (χ2n) is 8.07. The van der Waals surface area contributed by atoms with Gasteiger partial charge in [0.25, 0.3) is 0 Å². The van der Waals surface area contributed by atoms with E-state index in [1.165, 1.54) is 77.0 Å². The monoisotopic (exact) mass is 383 g/mol. The normalized spacial score (nSPS) is 22.6. The van der Waals surface area contributed by atoms with Gasteiger partial charge in [-0.05, 0) is 19.3 Å². The molecule has 0 N–H and O–H groups in total. The molecule has 0 aromatic carbocycles. The van der Waals surface area contributed by atoms with Crippen LogP contribution in [0.15, 0.2) is 0 Å². The lowest BCUT2D eigenvalue weighted by molar-refractivity contribution is -0.135. The van der Waals surface area contributed by atoms with Crippen LogP contribution in [0.4, 0.5) is 0 Å². The lowest BCUT2D eigenvalue weighted by Gasteiger charge is -2.26. The average Bonchev–Trinajstić information content (AvgIpc) is 3.42. The van der Waals surface area contributed by atoms with Crippen molar-refractivity contribution in [2.75, 3.05) is 26.3 Å². The van der Waals surface area contributed by atoms with Crippen molar-refractivity contribution >= 4 is 17.7 Å². The van der Waals surface area contributed by atoms with Gasteiger partial charge in [0.2, 0.25) is 5.91 Å². The van der Waals surface area contributed by atoms with E-state index in [9.17, 15) is 4.79 Å². The summed E-state index contributed by atoms with van der Waals surface area (Å²) in [5.74, 6) is 0.334. The van der Waals surface area contributed by atoms with Gasteiger partial charge in [-0.3, -0.25) is 4.79 Å². The minimum atomic E-state index is 0.334. The number of thioether (sulfide) groups is 1. The fourth-order valence-corrected chi connectivity index (χ4v) is 5.17. The summed E-state index contributed by atoms with van der Waals surface area (Å²) in [7, 11) is 0. The highest BCUT2D eigenvalue weighted by atomic mass is 32.2. The summed E-state index contributed by atoms with van der Waals surface area (Å²) < 4.78 is 5.30. The Morgan fingerprint density at radius 2 is 1.38 bits per heavy atom. The first-order valence-corrected chi connectivity index (χ1v) is 12.3. The smallest absolute Gasteiger partial charge is 0.222 e. The number of carbonyl (C=O) groups excluding carboxylic acids is 1. The third-order valence-electron chi connectivity index (χ3n) is 5.77. The van der Waals surface area contributed by atoms with Crippen LogP contribution >= 0.6 is 11.8 Å². The number of ether oxygens (including phenoxy) is 1. The number of rotatable bonds is 15. The minimum Gasteiger partial charge on any atom is -0.378 e. The lowest BCUT2D eigenvalue weighted by Crippen LogP contribution is -2.40. The van der Waals surface area contributed by atoms with Crippen LogP contribution < -0.4 is 0 Å². The summed E-state index contributed by atoms with van der Waals surface area (Å²) in [5, 5.41) is 1.97. The molecular formula is C22H41NO2S. The third-order valence-corrected chi connectivity index (χ3v) is 7.29. The Bertz CT molecular complexity index is 371. The van der Waals surface area contributed by atoms with E-state index < -0.39 is 0 Å². The number of amides is 1. The Balaban J connectivity index is 1.32. The minimum absolute atomic E-state index is 0.334. The first-order chi connectivity index (χ1) is 12.8. The van der Waals surface area contributed by atoms with Crippen LogP contribution in [0.1, 0.15) is 96.8 Å². The topological polar surface area (TPSA) is 29.5 Å². The Morgan fingerprint density at radius 1 is 0.846 bits per heavy atom. The number of carbonyl (C=O) groups is 1. The molecule has 0 saturated carbocycles. The molecule has 4 heteroatoms. The van der Waals surface area contributed by atoms with Crippen molar-refractivity contribution in [3.05, 3.63) is 0 Å². The van der Waals surface area contributed by atoms with Gasteiger partial charge >= 0.3 is 0 Å². The maximum Gasteiger partial charge on any atom is 0.222 e. The number of nitrogens with zero attached hydrogens (tertiary/aromatic N) is 1. The first-order valence-electron chi connectivity index (χ1n) is 11.3. The SMILES string of the molecule is CCCCCCCCC1SC1CCCCCCCC(=O)N1CCOCC1. The zero-order chi connectivity index (χ0) is 18.5. The predicted octanol–water partition coefficient (Wildman–Crippen LogP) is 5.81. The zero-order valence-corrected chi connectivity index (χ0v) is 17.9. The number of unbranched alkanes of at least 4 members (excludes halogenated alkanes) is 9. The summed E-state index contributed by atoms with van der Waals surface area (Å²) in [6.07, 6.45) is 18.5. The van der Waals surface area contributed by atoms with E-state index in [0.29, 0.717) is 19.1 Å². The number of hydrogen-bond acceptors (Lipinski definition) is 3. The number of hydrogen-bond donors (Lipinski definition) is 0. The van der Waals surface area contributed by atoms with Gasteiger partial charge in [0.1, 0.15) is 0 Å². The van der Waals surface area contributed by atoms with Crippen LogP contribution in [-0.2, 0) is 9.53 Å². The van der Waals surface area contributed by atoms with Crippen LogP contribution in [0, 0.1) is 0 Å². The quantitative estimate of drug-likeness (QED) is 0.264. The highest BCUT2D eigenvalue weighted by Gasteiger charge is 2.36. The largest absolute Gasteiger partial charge is 0.378 e. The Hall–Kier alpha value is -0.220. The molecule has 1 amide bonds. The van der Waals surface area contributed by atoms with Crippen molar-refractivity contribution in [3.8, 4) is 0 Å². The number of morpholine rings is 1. The van der Waals surface area contributed by atoms with E-state index in [4.69, 9.17) is 4.74 Å². The highest BCUT2D eigenvalue weighted by Crippen LogP contribution is 2.47. The van der Waals surface area contributed by atoms with Crippen molar-refractivity contribution in [2.45, 2.75) is 107 Å². The summed E-state index contributed by atoms with van der Waals surface area (Å²) in [6.45, 7) is 5.29. The summed E-state index contributed by atoms with van der Waals surface area (Å²) in [4.78, 5) is 14.0. The van der Waals surface area contributed by atoms with E-state index >= 15 is 0 Å². The molecule has 0 bridgehead atoms. The van der Waals surface area contributed by atoms with E-state index in [1.807, 2.05) is 4.90 Å². The molecular weight excluding hydrogens is 342 g/mol. The molecule has 2 aliphatic heterocycles. The van der Waals surface area contributed by atoms with E-state index in [2.05, 4.69) is 18.7 Å². The second-order valence-corrected chi connectivity index (χ2v) is 9.55. The van der Waals surface area contributed by atoms with Crippen LogP contribution in [-0.4, -0.2) is 47.6 Å². The Morgan fingerprint density at radius 3 is 2.00 bits per heavy atom. The molecule has 0 radical (unpaired) electrons. The molecule has 2 saturated heterocycles. The fourth-order valence-electron chi connectivity index (χ4n) is 3.94. The van der Waals surface area contributed by atoms with Gasteiger partial charge in [-0.25, -0.2) is 0 Å². The van der Waals surface area contributed by atoms with E-state index in [1.54, 1.807) is 0 Å². The summed E-state index contributed by atoms with van der Waals surface area (Å²) in [6, 6.07) is 0. The molecule has 2 rings (SSSR count). The highest BCUT2D eigenvalue weighted by molar-refractivity contribution is 8.07. The molecule has 2 fully saturated rings.